The van der Waals surface area contributed by atoms with Crippen LogP contribution in [0.25, 0.3) is 0 Å². The molecule has 1 saturated carbocycles. The minimum Gasteiger partial charge on any atom is -0.424 e. The van der Waals surface area contributed by atoms with E-state index < -0.39 is 0 Å². The van der Waals surface area contributed by atoms with Crippen LogP contribution in [0.1, 0.15) is 41.0 Å². The lowest BCUT2D eigenvalue weighted by Gasteiger charge is -2.02. The van der Waals surface area contributed by atoms with E-state index in [0.717, 1.165) is 12.0 Å². The molecule has 4 nitrogen and oxygen atoms in total. The second kappa shape index (κ2) is 6.21. The Balaban J connectivity index is 1.48. The summed E-state index contributed by atoms with van der Waals surface area (Å²) in [5.74, 6) is 1.84. The molecular weight excluding hydrogens is 298 g/mol. The number of hydrogen-bond acceptors (Lipinski definition) is 4. The number of nitrogens with one attached hydrogen (secondary N) is 1. The third kappa shape index (κ3) is 2.89. The zero-order chi connectivity index (χ0) is 16.4. The van der Waals surface area contributed by atoms with Gasteiger partial charge in [-0.15, -0.1) is 0 Å². The Morgan fingerprint density at radius 3 is 2.46 bits per heavy atom. The van der Waals surface area contributed by atoms with Crippen LogP contribution >= 0.6 is 0 Å². The van der Waals surface area contributed by atoms with Gasteiger partial charge in [-0.05, 0) is 23.5 Å². The van der Waals surface area contributed by atoms with E-state index in [0.29, 0.717) is 29.9 Å². The first-order valence-electron chi connectivity index (χ1n) is 8.08. The highest BCUT2D eigenvalue weighted by Crippen LogP contribution is 2.54. The molecule has 2 atom stereocenters. The highest BCUT2D eigenvalue weighted by Gasteiger charge is 2.43. The first-order valence-corrected chi connectivity index (χ1v) is 8.08. The molecule has 3 aromatic rings. The molecule has 1 fully saturated rings. The van der Waals surface area contributed by atoms with E-state index in [1.807, 2.05) is 48.5 Å². The zero-order valence-corrected chi connectivity index (χ0v) is 13.1. The van der Waals surface area contributed by atoms with E-state index in [1.54, 1.807) is 0 Å². The van der Waals surface area contributed by atoms with Crippen molar-refractivity contribution in [2.24, 2.45) is 0 Å². The predicted molar refractivity (Wildman–Crippen MR) is 91.5 cm³/mol. The van der Waals surface area contributed by atoms with E-state index in [4.69, 9.17) is 4.42 Å². The fourth-order valence-electron chi connectivity index (χ4n) is 3.01. The first-order chi connectivity index (χ1) is 11.8. The van der Waals surface area contributed by atoms with Crippen molar-refractivity contribution >= 4 is 5.88 Å². The van der Waals surface area contributed by atoms with Gasteiger partial charge >= 0.3 is 0 Å². The summed E-state index contributed by atoms with van der Waals surface area (Å²) in [5, 5.41) is 12.5. The van der Waals surface area contributed by atoms with Crippen LogP contribution in [0.5, 0.6) is 0 Å². The predicted octanol–water partition coefficient (Wildman–Crippen LogP) is 4.43. The highest BCUT2D eigenvalue weighted by atomic mass is 16.4. The number of hydrogen-bond donors (Lipinski definition) is 1. The fraction of sp³-hybridized carbons (Fsp3) is 0.200. The standard InChI is InChI=1S/C20H17N3O/c21-12-18-20(22-13-14-7-3-1-4-8-14)24-19(23-18)17-11-16(17)15-9-5-2-6-10-15/h1-10,16-17,22H,11,13H2/t16-,17+/m1/s1. The molecule has 0 spiro atoms. The van der Waals surface area contributed by atoms with Crippen LogP contribution in [0.3, 0.4) is 0 Å². The van der Waals surface area contributed by atoms with Crippen LogP contribution in [-0.4, -0.2) is 4.98 Å². The van der Waals surface area contributed by atoms with Crippen molar-refractivity contribution in [3.05, 3.63) is 83.4 Å². The Bertz CT molecular complexity index is 865. The molecule has 0 bridgehead atoms. The highest BCUT2D eigenvalue weighted by molar-refractivity contribution is 5.47. The van der Waals surface area contributed by atoms with Gasteiger partial charge in [-0.1, -0.05) is 60.7 Å². The zero-order valence-electron chi connectivity index (χ0n) is 13.1. The van der Waals surface area contributed by atoms with Crippen molar-refractivity contribution in [2.45, 2.75) is 24.8 Å². The van der Waals surface area contributed by atoms with E-state index in [2.05, 4.69) is 28.5 Å². The van der Waals surface area contributed by atoms with Crippen molar-refractivity contribution in [1.29, 1.82) is 5.26 Å². The number of benzene rings is 2. The molecule has 0 saturated heterocycles. The van der Waals surface area contributed by atoms with Crippen molar-refractivity contribution in [3.8, 4) is 6.07 Å². The van der Waals surface area contributed by atoms with Crippen LogP contribution in [0.4, 0.5) is 5.88 Å². The van der Waals surface area contributed by atoms with Gasteiger partial charge in [-0.25, -0.2) is 4.98 Å². The van der Waals surface area contributed by atoms with Crippen LogP contribution in [-0.2, 0) is 6.54 Å². The molecule has 1 aromatic heterocycles. The summed E-state index contributed by atoms with van der Waals surface area (Å²) in [7, 11) is 0. The molecule has 0 radical (unpaired) electrons. The normalized spacial score (nSPS) is 18.8. The largest absolute Gasteiger partial charge is 0.424 e. The molecule has 0 aliphatic heterocycles. The van der Waals surface area contributed by atoms with Gasteiger partial charge in [0.05, 0.1) is 0 Å². The summed E-state index contributed by atoms with van der Waals surface area (Å²) in [6.45, 7) is 0.608. The van der Waals surface area contributed by atoms with Crippen molar-refractivity contribution < 1.29 is 4.42 Å². The molecule has 2 aromatic carbocycles. The Morgan fingerprint density at radius 1 is 1.04 bits per heavy atom. The number of oxazole rings is 1. The quantitative estimate of drug-likeness (QED) is 0.756. The topological polar surface area (TPSA) is 61.9 Å². The molecule has 0 unspecified atom stereocenters. The van der Waals surface area contributed by atoms with Crippen LogP contribution in [0.15, 0.2) is 65.1 Å². The molecular formula is C20H17N3O. The van der Waals surface area contributed by atoms with Crippen molar-refractivity contribution in [2.75, 3.05) is 5.32 Å². The van der Waals surface area contributed by atoms with Gasteiger partial charge in [0.25, 0.3) is 0 Å². The molecule has 1 heterocycles. The van der Waals surface area contributed by atoms with E-state index in [1.165, 1.54) is 5.56 Å². The average molecular weight is 315 g/mol. The van der Waals surface area contributed by atoms with Gasteiger partial charge in [0.15, 0.2) is 0 Å². The van der Waals surface area contributed by atoms with Crippen molar-refractivity contribution in [3.63, 3.8) is 0 Å². The van der Waals surface area contributed by atoms with E-state index in [9.17, 15) is 5.26 Å². The second-order valence-corrected chi connectivity index (χ2v) is 6.04. The monoisotopic (exact) mass is 315 g/mol. The molecule has 1 aliphatic carbocycles. The SMILES string of the molecule is N#Cc1nc([C@H]2C[C@@H]2c2ccccc2)oc1NCc1ccccc1. The number of nitriles is 1. The summed E-state index contributed by atoms with van der Waals surface area (Å²) in [6.07, 6.45) is 1.02. The fourth-order valence-corrected chi connectivity index (χ4v) is 3.01. The van der Waals surface area contributed by atoms with Crippen molar-refractivity contribution in [1.82, 2.24) is 4.98 Å². The smallest absolute Gasteiger partial charge is 0.232 e. The molecule has 24 heavy (non-hydrogen) atoms. The van der Waals surface area contributed by atoms with Gasteiger partial charge in [-0.3, -0.25) is 0 Å². The molecule has 1 aliphatic rings. The number of anilines is 1. The maximum atomic E-state index is 9.30. The molecule has 1 N–H and O–H groups in total. The van der Waals surface area contributed by atoms with Crippen LogP contribution in [0, 0.1) is 11.3 Å². The van der Waals surface area contributed by atoms with E-state index in [-0.39, 0.29) is 5.92 Å². The number of aromatic nitrogens is 1. The summed E-state index contributed by atoms with van der Waals surface area (Å²) >= 11 is 0. The third-order valence-corrected chi connectivity index (χ3v) is 4.38. The van der Waals surface area contributed by atoms with Gasteiger partial charge in [0.2, 0.25) is 17.5 Å². The summed E-state index contributed by atoms with van der Waals surface area (Å²) in [5.41, 5.74) is 2.77. The summed E-state index contributed by atoms with van der Waals surface area (Å²) in [4.78, 5) is 4.39. The third-order valence-electron chi connectivity index (χ3n) is 4.38. The molecule has 4 heteroatoms. The minimum absolute atomic E-state index is 0.270. The Hall–Kier alpha value is -3.06. The van der Waals surface area contributed by atoms with E-state index >= 15 is 0 Å². The maximum absolute atomic E-state index is 9.30. The molecule has 4 rings (SSSR count). The van der Waals surface area contributed by atoms with Gasteiger partial charge in [-0.2, -0.15) is 5.26 Å². The lowest BCUT2D eigenvalue weighted by atomic mass is 10.1. The lowest BCUT2D eigenvalue weighted by Crippen LogP contribution is -1.99. The Kier molecular flexibility index (Phi) is 3.76. The minimum atomic E-state index is 0.270. The van der Waals surface area contributed by atoms with Gasteiger partial charge < -0.3 is 9.73 Å². The summed E-state index contributed by atoms with van der Waals surface area (Å²) < 4.78 is 5.86. The van der Waals surface area contributed by atoms with Crippen LogP contribution < -0.4 is 5.32 Å². The second-order valence-electron chi connectivity index (χ2n) is 6.04. The van der Waals surface area contributed by atoms with Gasteiger partial charge in [0.1, 0.15) is 6.07 Å². The molecule has 118 valence electrons. The Labute approximate surface area is 140 Å². The molecule has 0 amide bonds. The number of rotatable bonds is 5. The maximum Gasteiger partial charge on any atom is 0.232 e. The lowest BCUT2D eigenvalue weighted by molar-refractivity contribution is 0.505. The first kappa shape index (κ1) is 14.5. The summed E-state index contributed by atoms with van der Waals surface area (Å²) in [6, 6.07) is 22.5. The van der Waals surface area contributed by atoms with Crippen LogP contribution in [0.2, 0.25) is 0 Å². The Morgan fingerprint density at radius 2 is 1.75 bits per heavy atom. The number of nitrogens with zero attached hydrogens (tertiary/aromatic N) is 2. The average Bonchev–Trinajstić information content (AvgIpc) is 3.34. The van der Waals surface area contributed by atoms with Gasteiger partial charge in [0, 0.05) is 12.5 Å².